The van der Waals surface area contributed by atoms with Gasteiger partial charge >= 0.3 is 0 Å². The third-order valence-electron chi connectivity index (χ3n) is 5.69. The van der Waals surface area contributed by atoms with E-state index in [1.165, 1.54) is 22.0 Å². The fourth-order valence-corrected chi connectivity index (χ4v) is 4.47. The molecule has 3 aromatic heterocycles. The zero-order valence-electron chi connectivity index (χ0n) is 18.1. The highest BCUT2D eigenvalue weighted by Gasteiger charge is 2.31. The van der Waals surface area contributed by atoms with Crippen LogP contribution >= 0.6 is 11.3 Å². The standard InChI is InChI=1S/C21H24N8O3S/c1-11-9-23-21(33-11)28-7-3-4-14(20(28)32)25-16-8-17(22-2)29-18(27-16)12(10-24-29)19(31)26-13-5-6-15(13)30/h3-4,7-10,13,15,20,22,30,32H,5-6H2,1-2H3,(H,25,27)(H,26,31)/t13?,15-,20?/m1/s1. The molecule has 3 atom stereocenters. The summed E-state index contributed by atoms with van der Waals surface area (Å²) in [5, 5.41) is 34.7. The molecule has 1 amide bonds. The summed E-state index contributed by atoms with van der Waals surface area (Å²) in [5.41, 5.74) is 1.16. The van der Waals surface area contributed by atoms with Crippen molar-refractivity contribution in [2.24, 2.45) is 0 Å². The quantitative estimate of drug-likeness (QED) is 0.363. The number of aliphatic hydroxyl groups is 2. The second-order valence-electron chi connectivity index (χ2n) is 7.92. The largest absolute Gasteiger partial charge is 0.391 e. The minimum Gasteiger partial charge on any atom is -0.391 e. The SMILES string of the molecule is CNc1cc(NC2=CC=CN(c3ncc(C)s3)C2O)nc2c(C(=O)NC3CC[C@H]3O)cnn12. The Hall–Kier alpha value is -3.48. The Morgan fingerprint density at radius 3 is 2.79 bits per heavy atom. The van der Waals surface area contributed by atoms with Crippen LogP contribution in [0.1, 0.15) is 28.1 Å². The Morgan fingerprint density at radius 2 is 2.12 bits per heavy atom. The van der Waals surface area contributed by atoms with E-state index in [1.807, 2.05) is 13.0 Å². The number of fused-ring (bicyclic) bond motifs is 1. The number of aryl methyl sites for hydroxylation is 1. The predicted molar refractivity (Wildman–Crippen MR) is 125 cm³/mol. The van der Waals surface area contributed by atoms with Crippen molar-refractivity contribution < 1.29 is 15.0 Å². The lowest BCUT2D eigenvalue weighted by atomic mass is 9.89. The number of aromatic nitrogens is 4. The number of hydrogen-bond acceptors (Lipinski definition) is 10. The lowest BCUT2D eigenvalue weighted by Gasteiger charge is -2.32. The maximum absolute atomic E-state index is 12.8. The van der Waals surface area contributed by atoms with Crippen molar-refractivity contribution in [3.63, 3.8) is 0 Å². The molecule has 0 saturated heterocycles. The summed E-state index contributed by atoms with van der Waals surface area (Å²) in [7, 11) is 1.74. The molecule has 5 rings (SSSR count). The zero-order chi connectivity index (χ0) is 23.1. The number of rotatable bonds is 6. The van der Waals surface area contributed by atoms with Crippen LogP contribution in [0.3, 0.4) is 0 Å². The first-order chi connectivity index (χ1) is 15.9. The van der Waals surface area contributed by atoms with Gasteiger partial charge in [0.25, 0.3) is 5.91 Å². The number of carbonyl (C=O) groups is 1. The van der Waals surface area contributed by atoms with Crippen LogP contribution < -0.4 is 20.9 Å². The van der Waals surface area contributed by atoms with Gasteiger partial charge in [0.15, 0.2) is 17.0 Å². The molecule has 1 aliphatic heterocycles. The van der Waals surface area contributed by atoms with Gasteiger partial charge in [-0.3, -0.25) is 9.69 Å². The molecule has 0 spiro atoms. The smallest absolute Gasteiger partial charge is 0.257 e. The molecule has 4 heterocycles. The number of hydrogen-bond donors (Lipinski definition) is 5. The first-order valence-corrected chi connectivity index (χ1v) is 11.4. The van der Waals surface area contributed by atoms with Gasteiger partial charge in [-0.05, 0) is 31.9 Å². The van der Waals surface area contributed by atoms with E-state index < -0.39 is 12.3 Å². The first-order valence-electron chi connectivity index (χ1n) is 10.5. The van der Waals surface area contributed by atoms with E-state index in [2.05, 4.69) is 31.0 Å². The molecule has 11 nitrogen and oxygen atoms in total. The van der Waals surface area contributed by atoms with E-state index in [-0.39, 0.29) is 11.9 Å². The second-order valence-corrected chi connectivity index (χ2v) is 9.13. The number of nitrogens with one attached hydrogen (secondary N) is 3. The van der Waals surface area contributed by atoms with E-state index in [4.69, 9.17) is 0 Å². The van der Waals surface area contributed by atoms with Crippen molar-refractivity contribution in [1.82, 2.24) is 24.9 Å². The van der Waals surface area contributed by atoms with Crippen LogP contribution in [0.5, 0.6) is 0 Å². The van der Waals surface area contributed by atoms with Crippen molar-refractivity contribution in [2.75, 3.05) is 22.6 Å². The van der Waals surface area contributed by atoms with Gasteiger partial charge in [0.05, 0.1) is 24.0 Å². The highest BCUT2D eigenvalue weighted by atomic mass is 32.1. The predicted octanol–water partition coefficient (Wildman–Crippen LogP) is 1.44. The van der Waals surface area contributed by atoms with Gasteiger partial charge in [-0.25, -0.2) is 9.97 Å². The summed E-state index contributed by atoms with van der Waals surface area (Å²) in [4.78, 5) is 24.4. The van der Waals surface area contributed by atoms with Crippen LogP contribution in [-0.4, -0.2) is 61.1 Å². The second kappa shape index (κ2) is 8.46. The third-order valence-corrected chi connectivity index (χ3v) is 6.62. The summed E-state index contributed by atoms with van der Waals surface area (Å²) in [6.07, 6.45) is 8.46. The van der Waals surface area contributed by atoms with Crippen LogP contribution in [0.15, 0.2) is 42.5 Å². The van der Waals surface area contributed by atoms with E-state index in [9.17, 15) is 15.0 Å². The minimum atomic E-state index is -0.982. The summed E-state index contributed by atoms with van der Waals surface area (Å²) < 4.78 is 1.54. The molecule has 1 saturated carbocycles. The fourth-order valence-electron chi connectivity index (χ4n) is 3.70. The van der Waals surface area contributed by atoms with Gasteiger partial charge in [0, 0.05) is 30.4 Å². The molecule has 1 aliphatic carbocycles. The van der Waals surface area contributed by atoms with E-state index in [1.54, 1.807) is 36.5 Å². The highest BCUT2D eigenvalue weighted by Crippen LogP contribution is 2.29. The molecule has 172 valence electrons. The lowest BCUT2D eigenvalue weighted by Crippen LogP contribution is -2.50. The fraction of sp³-hybridized carbons (Fsp3) is 0.333. The van der Waals surface area contributed by atoms with Crippen molar-refractivity contribution in [1.29, 1.82) is 0 Å². The van der Waals surface area contributed by atoms with E-state index in [0.29, 0.717) is 40.1 Å². The molecular weight excluding hydrogens is 444 g/mol. The van der Waals surface area contributed by atoms with Gasteiger partial charge in [-0.1, -0.05) is 0 Å². The number of thiazole rings is 1. The average molecular weight is 469 g/mol. The Labute approximate surface area is 193 Å². The van der Waals surface area contributed by atoms with Crippen molar-refractivity contribution in [3.05, 3.63) is 52.9 Å². The summed E-state index contributed by atoms with van der Waals surface area (Å²) in [5.74, 6) is 0.700. The molecule has 2 aliphatic rings. The van der Waals surface area contributed by atoms with Crippen molar-refractivity contribution >= 4 is 39.7 Å². The molecule has 1 fully saturated rings. The first kappa shape index (κ1) is 21.4. The van der Waals surface area contributed by atoms with E-state index >= 15 is 0 Å². The highest BCUT2D eigenvalue weighted by molar-refractivity contribution is 7.15. The van der Waals surface area contributed by atoms with Gasteiger partial charge < -0.3 is 26.2 Å². The molecule has 33 heavy (non-hydrogen) atoms. The number of allylic oxidation sites excluding steroid dienone is 2. The maximum atomic E-state index is 12.8. The molecule has 5 N–H and O–H groups in total. The van der Waals surface area contributed by atoms with Gasteiger partial charge in [0.1, 0.15) is 17.2 Å². The van der Waals surface area contributed by atoms with Crippen LogP contribution in [0, 0.1) is 6.92 Å². The molecular formula is C21H24N8O3S. The summed E-state index contributed by atoms with van der Waals surface area (Å²) in [6.45, 7) is 1.96. The van der Waals surface area contributed by atoms with Crippen molar-refractivity contribution in [3.8, 4) is 0 Å². The topological polar surface area (TPSA) is 140 Å². The van der Waals surface area contributed by atoms with Crippen LogP contribution in [0.2, 0.25) is 0 Å². The van der Waals surface area contributed by atoms with Gasteiger partial charge in [0.2, 0.25) is 0 Å². The number of nitrogens with zero attached hydrogens (tertiary/aromatic N) is 5. The Kier molecular flexibility index (Phi) is 5.48. The Bertz CT molecular complexity index is 1270. The molecule has 0 radical (unpaired) electrons. The number of carbonyl (C=O) groups excluding carboxylic acids is 1. The molecule has 3 aromatic rings. The average Bonchev–Trinajstić information content (AvgIpc) is 3.43. The minimum absolute atomic E-state index is 0.257. The summed E-state index contributed by atoms with van der Waals surface area (Å²) >= 11 is 1.48. The van der Waals surface area contributed by atoms with Gasteiger partial charge in [-0.2, -0.15) is 9.61 Å². The monoisotopic (exact) mass is 468 g/mol. The third kappa shape index (κ3) is 3.92. The number of aliphatic hydroxyl groups excluding tert-OH is 2. The number of amides is 1. The molecule has 2 unspecified atom stereocenters. The normalized spacial score (nSPS) is 22.1. The maximum Gasteiger partial charge on any atom is 0.257 e. The summed E-state index contributed by atoms with van der Waals surface area (Å²) in [6, 6.07) is 1.48. The Balaban J connectivity index is 1.42. The van der Waals surface area contributed by atoms with Crippen LogP contribution in [0.4, 0.5) is 16.8 Å². The molecule has 0 aromatic carbocycles. The number of anilines is 3. The van der Waals surface area contributed by atoms with Gasteiger partial charge in [-0.15, -0.1) is 11.3 Å². The molecule has 12 heteroatoms. The van der Waals surface area contributed by atoms with Crippen LogP contribution in [0.25, 0.3) is 5.65 Å². The lowest BCUT2D eigenvalue weighted by molar-refractivity contribution is 0.0448. The Morgan fingerprint density at radius 1 is 1.27 bits per heavy atom. The van der Waals surface area contributed by atoms with Crippen LogP contribution in [-0.2, 0) is 0 Å². The van der Waals surface area contributed by atoms with Crippen molar-refractivity contribution in [2.45, 2.75) is 38.1 Å². The molecule has 0 bridgehead atoms. The zero-order valence-corrected chi connectivity index (χ0v) is 18.9. The van der Waals surface area contributed by atoms with E-state index in [0.717, 1.165) is 11.3 Å².